The molecule has 0 aliphatic heterocycles. The summed E-state index contributed by atoms with van der Waals surface area (Å²) in [5.41, 5.74) is 20.4. The predicted molar refractivity (Wildman–Crippen MR) is 96.9 cm³/mol. The molecule has 2 atom stereocenters. The quantitative estimate of drug-likeness (QED) is 0.102. The van der Waals surface area contributed by atoms with E-state index >= 15 is 0 Å². The summed E-state index contributed by atoms with van der Waals surface area (Å²) in [6, 6.07) is -1.79. The van der Waals surface area contributed by atoms with Gasteiger partial charge in [-0.3, -0.25) is 19.4 Å². The highest BCUT2D eigenvalue weighted by atomic mass is 32.2. The highest BCUT2D eigenvalue weighted by Gasteiger charge is 2.11. The Kier molecular flexibility index (Phi) is 28.1. The maximum atomic E-state index is 10.2. The summed E-state index contributed by atoms with van der Waals surface area (Å²) >= 11 is 0.992. The number of nitrogens with two attached hydrogens (primary N) is 4. The highest BCUT2D eigenvalue weighted by Crippen LogP contribution is 2.00. The zero-order valence-corrected chi connectivity index (χ0v) is 14.7. The minimum Gasteiger partial charge on any atom is -0.481 e. The van der Waals surface area contributed by atoms with Crippen molar-refractivity contribution in [3.8, 4) is 0 Å². The maximum absolute atomic E-state index is 10.2. The molecule has 0 heterocycles. The Hall–Kier alpha value is -2.17. The largest absolute Gasteiger partial charge is 0.481 e. The van der Waals surface area contributed by atoms with Crippen LogP contribution >= 0.6 is 11.8 Å². The Labute approximate surface area is 153 Å². The summed E-state index contributed by atoms with van der Waals surface area (Å²) in [6.07, 6.45) is 0.956. The molecule has 15 heteroatoms. The maximum Gasteiger partial charge on any atom is 0.321 e. The van der Waals surface area contributed by atoms with E-state index in [1.165, 1.54) is 0 Å². The molecule has 0 radical (unpaired) electrons. The molecule has 0 rings (SSSR count). The lowest BCUT2D eigenvalue weighted by atomic mass is 10.2. The highest BCUT2D eigenvalue weighted by molar-refractivity contribution is 8.00. The van der Waals surface area contributed by atoms with Gasteiger partial charge >= 0.3 is 17.9 Å². The van der Waals surface area contributed by atoms with Crippen LogP contribution in [0.4, 0.5) is 0 Å². The van der Waals surface area contributed by atoms with Gasteiger partial charge in [0.1, 0.15) is 12.1 Å². The lowest BCUT2D eigenvalue weighted by Gasteiger charge is -2.03. The Balaban J connectivity index is -0.000000102. The van der Waals surface area contributed by atoms with Crippen LogP contribution in [0.15, 0.2) is 4.99 Å². The van der Waals surface area contributed by atoms with Crippen LogP contribution < -0.4 is 22.9 Å². The van der Waals surface area contributed by atoms with E-state index in [0.29, 0.717) is 19.4 Å². The number of aliphatic carboxylic acids is 3. The van der Waals surface area contributed by atoms with Gasteiger partial charge in [0.15, 0.2) is 5.96 Å². The number of thioether (sulfide) groups is 1. The summed E-state index contributed by atoms with van der Waals surface area (Å²) in [5, 5.41) is 24.8. The molecule has 0 saturated heterocycles. The summed E-state index contributed by atoms with van der Waals surface area (Å²) in [5.74, 6) is -3.04. The van der Waals surface area contributed by atoms with Crippen LogP contribution in [-0.4, -0.2) is 85.7 Å². The van der Waals surface area contributed by atoms with E-state index in [-0.39, 0.29) is 33.9 Å². The number of hydrogen-bond acceptors (Lipinski definition) is 7. The molecular formula is C11H29N5O9S. The minimum atomic E-state index is -1.11. The molecule has 0 aromatic carbocycles. The van der Waals surface area contributed by atoms with E-state index in [9.17, 15) is 14.4 Å². The summed E-state index contributed by atoms with van der Waals surface area (Å²) in [6.45, 7) is 0.420. The molecule has 0 fully saturated rings. The van der Waals surface area contributed by atoms with Gasteiger partial charge in [0.25, 0.3) is 0 Å². The zero-order chi connectivity index (χ0) is 18.4. The van der Waals surface area contributed by atoms with Crippen molar-refractivity contribution in [3.05, 3.63) is 0 Å². The third kappa shape index (κ3) is 26.7. The average molecular weight is 407 g/mol. The Bertz CT molecular complexity index is 421. The van der Waals surface area contributed by atoms with Gasteiger partial charge in [-0.1, -0.05) is 0 Å². The number of rotatable bonds is 10. The van der Waals surface area contributed by atoms with Gasteiger partial charge < -0.3 is 54.7 Å². The Morgan fingerprint density at radius 2 is 1.38 bits per heavy atom. The van der Waals surface area contributed by atoms with Crippen molar-refractivity contribution in [3.63, 3.8) is 0 Å². The summed E-state index contributed by atoms with van der Waals surface area (Å²) in [4.78, 5) is 33.9. The molecule has 0 saturated carbocycles. The van der Waals surface area contributed by atoms with Gasteiger partial charge in [0.05, 0.1) is 5.75 Å². The SMILES string of the molecule is NC(N)=NCCCC(N)C(=O)O.N[C@@H](CSCC(=O)O)C(=O)O.O.O.O. The van der Waals surface area contributed by atoms with Crippen molar-refractivity contribution < 1.29 is 46.1 Å². The van der Waals surface area contributed by atoms with Gasteiger partial charge in [-0.05, 0) is 12.8 Å². The normalized spacial score (nSPS) is 10.8. The van der Waals surface area contributed by atoms with E-state index in [0.717, 1.165) is 11.8 Å². The van der Waals surface area contributed by atoms with Crippen LogP contribution in [0.3, 0.4) is 0 Å². The van der Waals surface area contributed by atoms with Gasteiger partial charge in [0, 0.05) is 12.3 Å². The van der Waals surface area contributed by atoms with E-state index in [2.05, 4.69) is 4.99 Å². The van der Waals surface area contributed by atoms with Gasteiger partial charge in [0.2, 0.25) is 0 Å². The van der Waals surface area contributed by atoms with Gasteiger partial charge in [-0.2, -0.15) is 0 Å². The minimum absolute atomic E-state index is 0. The first-order chi connectivity index (χ1) is 10.6. The molecule has 0 aliphatic carbocycles. The number of carboxylic acid groups (broad SMARTS) is 3. The summed E-state index contributed by atoms with van der Waals surface area (Å²) in [7, 11) is 0. The fourth-order valence-corrected chi connectivity index (χ4v) is 1.68. The second kappa shape index (κ2) is 20.9. The van der Waals surface area contributed by atoms with E-state index in [1.807, 2.05) is 0 Å². The van der Waals surface area contributed by atoms with Crippen LogP contribution in [0.1, 0.15) is 12.8 Å². The second-order valence-electron chi connectivity index (χ2n) is 4.25. The van der Waals surface area contributed by atoms with Crippen molar-refractivity contribution in [1.82, 2.24) is 0 Å². The first kappa shape index (κ1) is 35.0. The number of aliphatic imine (C=N–C) groups is 1. The number of carboxylic acids is 3. The fraction of sp³-hybridized carbons (Fsp3) is 0.636. The van der Waals surface area contributed by atoms with Crippen molar-refractivity contribution in [2.45, 2.75) is 24.9 Å². The van der Waals surface area contributed by atoms with Crippen molar-refractivity contribution in [1.29, 1.82) is 0 Å². The van der Waals surface area contributed by atoms with Gasteiger partial charge in [-0.25, -0.2) is 0 Å². The smallest absolute Gasteiger partial charge is 0.321 e. The summed E-state index contributed by atoms with van der Waals surface area (Å²) < 4.78 is 0. The lowest BCUT2D eigenvalue weighted by Crippen LogP contribution is -2.32. The fourth-order valence-electron chi connectivity index (χ4n) is 0.987. The number of nitrogens with zero attached hydrogens (tertiary/aromatic N) is 1. The molecule has 0 bridgehead atoms. The number of hydrogen-bond donors (Lipinski definition) is 7. The third-order valence-corrected chi connectivity index (χ3v) is 3.17. The van der Waals surface area contributed by atoms with Crippen LogP contribution in [-0.2, 0) is 14.4 Å². The molecule has 0 aromatic heterocycles. The second-order valence-corrected chi connectivity index (χ2v) is 5.28. The van der Waals surface area contributed by atoms with E-state index < -0.39 is 30.0 Å². The predicted octanol–water partition coefficient (Wildman–Crippen LogP) is -4.81. The zero-order valence-electron chi connectivity index (χ0n) is 13.9. The number of carbonyl (C=O) groups is 3. The van der Waals surface area contributed by atoms with E-state index in [4.69, 9.17) is 38.3 Å². The van der Waals surface area contributed by atoms with Gasteiger partial charge in [-0.15, -0.1) is 11.8 Å². The van der Waals surface area contributed by atoms with E-state index in [1.54, 1.807) is 0 Å². The average Bonchev–Trinajstić information content (AvgIpc) is 2.43. The van der Waals surface area contributed by atoms with Crippen LogP contribution in [0.2, 0.25) is 0 Å². The number of guanidine groups is 1. The van der Waals surface area contributed by atoms with Crippen LogP contribution in [0.25, 0.3) is 0 Å². The Morgan fingerprint density at radius 3 is 1.73 bits per heavy atom. The molecule has 0 spiro atoms. The Morgan fingerprint density at radius 1 is 0.923 bits per heavy atom. The van der Waals surface area contributed by atoms with Crippen molar-refractivity contribution >= 4 is 35.6 Å². The molecule has 26 heavy (non-hydrogen) atoms. The van der Waals surface area contributed by atoms with Crippen LogP contribution in [0.5, 0.6) is 0 Å². The molecule has 14 nitrogen and oxygen atoms in total. The molecular weight excluding hydrogens is 378 g/mol. The molecule has 0 aliphatic rings. The standard InChI is InChI=1S/C6H14N4O2.C5H9NO4S.3H2O/c7-4(5(11)12)2-1-3-10-6(8)9;6-3(5(9)10)1-11-2-4(7)8;;;/h4H,1-3,7H2,(H,11,12)(H4,8,9,10);3H,1-2,6H2,(H,7,8)(H,9,10);3*1H2/t;3-;;;/m.0.../s1. The van der Waals surface area contributed by atoms with Crippen molar-refractivity contribution in [2.24, 2.45) is 27.9 Å². The first-order valence-corrected chi connectivity index (χ1v) is 7.55. The monoisotopic (exact) mass is 407 g/mol. The lowest BCUT2D eigenvalue weighted by molar-refractivity contribution is -0.139. The third-order valence-electron chi connectivity index (χ3n) is 2.12. The first-order valence-electron chi connectivity index (χ1n) is 6.39. The molecule has 0 amide bonds. The van der Waals surface area contributed by atoms with Crippen LogP contribution in [0, 0.1) is 0 Å². The molecule has 158 valence electrons. The van der Waals surface area contributed by atoms with Crippen molar-refractivity contribution in [2.75, 3.05) is 18.1 Å². The molecule has 1 unspecified atom stereocenters. The molecule has 0 aromatic rings. The molecule has 17 N–H and O–H groups in total. The topological polar surface area (TPSA) is 323 Å².